The Hall–Kier alpha value is -6.42. The Morgan fingerprint density at radius 2 is 1.04 bits per heavy atom. The smallest absolute Gasteiger partial charge is 0.137 e. The van der Waals surface area contributed by atoms with E-state index in [0.717, 1.165) is 39.0 Å². The number of hydrogen-bond acceptors (Lipinski definition) is 3. The molecular formula is C50H33NOS. The summed E-state index contributed by atoms with van der Waals surface area (Å²) in [6.07, 6.45) is 0. The molecule has 0 amide bonds. The summed E-state index contributed by atoms with van der Waals surface area (Å²) in [5.74, 6) is 0. The van der Waals surface area contributed by atoms with E-state index in [2.05, 4.69) is 194 Å². The number of fused-ring (bicyclic) bond motifs is 9. The van der Waals surface area contributed by atoms with Crippen molar-refractivity contribution in [1.29, 1.82) is 0 Å². The van der Waals surface area contributed by atoms with Crippen LogP contribution in [0.1, 0.15) is 23.6 Å². The zero-order valence-corrected chi connectivity index (χ0v) is 29.9. The number of furan rings is 1. The van der Waals surface area contributed by atoms with Crippen molar-refractivity contribution in [3.63, 3.8) is 0 Å². The molecule has 53 heavy (non-hydrogen) atoms. The minimum Gasteiger partial charge on any atom is -0.456 e. The van der Waals surface area contributed by atoms with Gasteiger partial charge in [0.2, 0.25) is 0 Å². The Kier molecular flexibility index (Phi) is 6.58. The average molecular weight is 696 g/mol. The van der Waals surface area contributed by atoms with Crippen LogP contribution in [0.15, 0.2) is 186 Å². The van der Waals surface area contributed by atoms with Gasteiger partial charge < -0.3 is 9.32 Å². The highest BCUT2D eigenvalue weighted by Crippen LogP contribution is 2.53. The van der Waals surface area contributed by atoms with Gasteiger partial charge in [-0.25, -0.2) is 0 Å². The molecule has 0 radical (unpaired) electrons. The third-order valence-electron chi connectivity index (χ3n) is 11.4. The minimum absolute atomic E-state index is 0.265. The number of rotatable bonds is 5. The fourth-order valence-electron chi connectivity index (χ4n) is 8.71. The Bertz CT molecular complexity index is 2980. The first-order valence-electron chi connectivity index (χ1n) is 18.2. The van der Waals surface area contributed by atoms with Crippen molar-refractivity contribution in [2.75, 3.05) is 4.90 Å². The van der Waals surface area contributed by atoms with E-state index in [1.165, 1.54) is 59.1 Å². The van der Waals surface area contributed by atoms with Gasteiger partial charge in [0.05, 0.1) is 0 Å². The van der Waals surface area contributed by atoms with E-state index in [4.69, 9.17) is 4.42 Å². The van der Waals surface area contributed by atoms with Crippen LogP contribution in [0.25, 0.3) is 64.4 Å². The highest BCUT2D eigenvalue weighted by atomic mass is 32.1. The van der Waals surface area contributed by atoms with Crippen molar-refractivity contribution in [2.45, 2.75) is 12.3 Å². The van der Waals surface area contributed by atoms with Gasteiger partial charge in [0, 0.05) is 59.5 Å². The van der Waals surface area contributed by atoms with E-state index in [0.29, 0.717) is 0 Å². The number of benzene rings is 8. The van der Waals surface area contributed by atoms with Gasteiger partial charge in [0.1, 0.15) is 11.2 Å². The summed E-state index contributed by atoms with van der Waals surface area (Å²) in [4.78, 5) is 2.35. The van der Waals surface area contributed by atoms with E-state index in [9.17, 15) is 0 Å². The molecule has 0 unspecified atom stereocenters. The quantitative estimate of drug-likeness (QED) is 0.178. The molecule has 11 rings (SSSR count). The molecule has 0 saturated carbocycles. The first-order chi connectivity index (χ1) is 26.1. The lowest BCUT2D eigenvalue weighted by molar-refractivity contribution is 0.667. The van der Waals surface area contributed by atoms with Crippen LogP contribution >= 0.6 is 11.3 Å². The molecular weight excluding hydrogens is 663 g/mol. The molecule has 8 aromatic carbocycles. The molecule has 2 aromatic heterocycles. The first-order valence-corrected chi connectivity index (χ1v) is 19.0. The summed E-state index contributed by atoms with van der Waals surface area (Å²) in [7, 11) is 0. The van der Waals surface area contributed by atoms with Gasteiger partial charge in [-0.15, -0.1) is 11.3 Å². The normalized spacial score (nSPS) is 13.2. The highest BCUT2D eigenvalue weighted by Gasteiger charge is 2.40. The Morgan fingerprint density at radius 3 is 1.81 bits per heavy atom. The van der Waals surface area contributed by atoms with Crippen LogP contribution < -0.4 is 4.90 Å². The van der Waals surface area contributed by atoms with Crippen molar-refractivity contribution in [3.8, 4) is 22.3 Å². The molecule has 0 saturated heterocycles. The second kappa shape index (κ2) is 11.5. The molecule has 10 aromatic rings. The van der Waals surface area contributed by atoms with Gasteiger partial charge in [0.15, 0.2) is 0 Å². The van der Waals surface area contributed by atoms with Crippen molar-refractivity contribution in [1.82, 2.24) is 0 Å². The van der Waals surface area contributed by atoms with Gasteiger partial charge in [-0.1, -0.05) is 121 Å². The number of hydrogen-bond donors (Lipinski definition) is 0. The van der Waals surface area contributed by atoms with E-state index in [1.807, 2.05) is 11.3 Å². The zero-order valence-electron chi connectivity index (χ0n) is 29.1. The van der Waals surface area contributed by atoms with Crippen LogP contribution in [0.4, 0.5) is 17.1 Å². The average Bonchev–Trinajstić information content (AvgIpc) is 3.86. The summed E-state index contributed by atoms with van der Waals surface area (Å²) in [5.41, 5.74) is 13.8. The molecule has 0 fully saturated rings. The van der Waals surface area contributed by atoms with Gasteiger partial charge >= 0.3 is 0 Å². The predicted octanol–water partition coefficient (Wildman–Crippen LogP) is 14.4. The molecule has 1 aliphatic carbocycles. The molecule has 0 N–H and O–H groups in total. The van der Waals surface area contributed by atoms with Crippen LogP contribution in [0.5, 0.6) is 0 Å². The van der Waals surface area contributed by atoms with Crippen molar-refractivity contribution in [3.05, 3.63) is 199 Å². The zero-order chi connectivity index (χ0) is 35.1. The fourth-order valence-corrected chi connectivity index (χ4v) is 9.85. The lowest BCUT2D eigenvalue weighted by Gasteiger charge is -2.28. The van der Waals surface area contributed by atoms with Gasteiger partial charge in [-0.2, -0.15) is 0 Å². The predicted molar refractivity (Wildman–Crippen MR) is 224 cm³/mol. The summed E-state index contributed by atoms with van der Waals surface area (Å²) in [5, 5.41) is 4.85. The Morgan fingerprint density at radius 1 is 0.434 bits per heavy atom. The Labute approximate surface area is 311 Å². The van der Waals surface area contributed by atoms with Crippen LogP contribution in [0.3, 0.4) is 0 Å². The Balaban J connectivity index is 1.05. The van der Waals surface area contributed by atoms with Gasteiger partial charge in [0.25, 0.3) is 0 Å². The summed E-state index contributed by atoms with van der Waals surface area (Å²) >= 11 is 1.85. The van der Waals surface area contributed by atoms with Crippen LogP contribution in [-0.4, -0.2) is 0 Å². The fraction of sp³-hybridized carbons (Fsp3) is 0.0400. The maximum Gasteiger partial charge on any atom is 0.137 e. The van der Waals surface area contributed by atoms with Crippen LogP contribution in [-0.2, 0) is 5.41 Å². The van der Waals surface area contributed by atoms with Gasteiger partial charge in [-0.3, -0.25) is 0 Å². The van der Waals surface area contributed by atoms with Crippen LogP contribution in [0.2, 0.25) is 0 Å². The number of anilines is 3. The van der Waals surface area contributed by atoms with Crippen molar-refractivity contribution < 1.29 is 4.42 Å². The monoisotopic (exact) mass is 695 g/mol. The molecule has 250 valence electrons. The summed E-state index contributed by atoms with van der Waals surface area (Å²) < 4.78 is 9.25. The first kappa shape index (κ1) is 30.2. The van der Waals surface area contributed by atoms with Crippen LogP contribution in [0, 0.1) is 0 Å². The number of nitrogens with zero attached hydrogens (tertiary/aromatic N) is 1. The van der Waals surface area contributed by atoms with E-state index in [-0.39, 0.29) is 5.41 Å². The molecule has 0 aliphatic heterocycles. The molecule has 2 nitrogen and oxygen atoms in total. The second-order valence-electron chi connectivity index (χ2n) is 14.2. The molecule has 3 heteroatoms. The van der Waals surface area contributed by atoms with E-state index >= 15 is 0 Å². The second-order valence-corrected chi connectivity index (χ2v) is 15.3. The summed E-state index contributed by atoms with van der Waals surface area (Å²) in [6, 6.07) is 66.2. The lowest BCUT2D eigenvalue weighted by Crippen LogP contribution is -2.22. The molecule has 2 heterocycles. The topological polar surface area (TPSA) is 16.4 Å². The maximum absolute atomic E-state index is 6.67. The standard InChI is InChI=1S/C50H33NOS/c1-50(44-16-8-5-13-38(44)39-14-6-9-17-45(39)50)34-21-28-46-43(29-34)40-26-24-36(30-47(40)52-46)51(35-22-19-33(20-23-35)32-11-3-2-4-12-32)37-25-27-42-41-15-7-10-18-48(41)53-49(42)31-37/h2-31H,1H3. The van der Waals surface area contributed by atoms with Crippen molar-refractivity contribution in [2.24, 2.45) is 0 Å². The third-order valence-corrected chi connectivity index (χ3v) is 12.5. The number of thiophene rings is 1. The summed E-state index contributed by atoms with van der Waals surface area (Å²) in [6.45, 7) is 2.37. The third kappa shape index (κ3) is 4.57. The van der Waals surface area contributed by atoms with E-state index < -0.39 is 0 Å². The minimum atomic E-state index is -0.265. The lowest BCUT2D eigenvalue weighted by atomic mass is 9.74. The molecule has 1 aliphatic rings. The largest absolute Gasteiger partial charge is 0.456 e. The van der Waals surface area contributed by atoms with E-state index in [1.54, 1.807) is 0 Å². The SMILES string of the molecule is CC1(c2ccc3oc4cc(N(c5ccc(-c6ccccc6)cc5)c5ccc6c(c5)sc5ccccc56)ccc4c3c2)c2ccccc2-c2ccccc21. The van der Waals surface area contributed by atoms with Gasteiger partial charge in [-0.05, 0) is 100 Å². The van der Waals surface area contributed by atoms with Crippen molar-refractivity contribution >= 4 is 70.5 Å². The molecule has 0 spiro atoms. The molecule has 0 bridgehead atoms. The highest BCUT2D eigenvalue weighted by molar-refractivity contribution is 7.25. The molecule has 0 atom stereocenters. The maximum atomic E-state index is 6.67.